The number of hydrogen-bond acceptors (Lipinski definition) is 3. The number of rotatable bonds is 4. The number of aromatic nitrogens is 1. The van der Waals surface area contributed by atoms with Gasteiger partial charge in [0.1, 0.15) is 5.82 Å². The average Bonchev–Trinajstić information content (AvgIpc) is 3.38. The molecule has 3 aliphatic rings. The van der Waals surface area contributed by atoms with Gasteiger partial charge in [-0.3, -0.25) is 0 Å². The summed E-state index contributed by atoms with van der Waals surface area (Å²) in [7, 11) is 0. The lowest BCUT2D eigenvalue weighted by Crippen LogP contribution is -2.46. The third kappa shape index (κ3) is 3.02. The highest BCUT2D eigenvalue weighted by atomic mass is 15.2. The van der Waals surface area contributed by atoms with Crippen LogP contribution >= 0.6 is 0 Å². The fourth-order valence-corrected chi connectivity index (χ4v) is 6.78. The van der Waals surface area contributed by atoms with Gasteiger partial charge < -0.3 is 10.2 Å². The molecular formula is C30H29N3. The largest absolute Gasteiger partial charge is 0.367 e. The summed E-state index contributed by atoms with van der Waals surface area (Å²) in [6, 6.07) is 31.5. The topological polar surface area (TPSA) is 28.2 Å². The maximum atomic E-state index is 4.83. The van der Waals surface area contributed by atoms with Crippen LogP contribution in [0, 0.1) is 0 Å². The van der Waals surface area contributed by atoms with Gasteiger partial charge in [-0.25, -0.2) is 4.98 Å². The molecule has 3 aromatic carbocycles. The number of likely N-dealkylation sites (tertiary alicyclic amines) is 1. The molecule has 1 saturated heterocycles. The van der Waals surface area contributed by atoms with Gasteiger partial charge in [-0.05, 0) is 59.7 Å². The first kappa shape index (κ1) is 19.3. The van der Waals surface area contributed by atoms with E-state index in [0.717, 1.165) is 43.8 Å². The first-order valence-corrected chi connectivity index (χ1v) is 12.3. The second kappa shape index (κ2) is 7.43. The molecule has 0 saturated carbocycles. The highest BCUT2D eigenvalue weighted by Gasteiger charge is 2.53. The monoisotopic (exact) mass is 431 g/mol. The molecule has 1 aromatic heterocycles. The zero-order chi connectivity index (χ0) is 21.8. The highest BCUT2D eigenvalue weighted by molar-refractivity contribution is 5.80. The number of hydrogen-bond donors (Lipinski definition) is 1. The Balaban J connectivity index is 1.08. The summed E-state index contributed by atoms with van der Waals surface area (Å²) < 4.78 is 0. The van der Waals surface area contributed by atoms with E-state index in [1.54, 1.807) is 22.3 Å². The summed E-state index contributed by atoms with van der Waals surface area (Å²) in [5, 5.41) is 4.91. The minimum absolute atomic E-state index is 0.165. The van der Waals surface area contributed by atoms with Crippen LogP contribution in [0.25, 0.3) is 10.9 Å². The molecule has 1 N–H and O–H groups in total. The summed E-state index contributed by atoms with van der Waals surface area (Å²) in [6.45, 7) is 3.42. The molecular weight excluding hydrogens is 402 g/mol. The van der Waals surface area contributed by atoms with E-state index in [2.05, 4.69) is 95.1 Å². The lowest BCUT2D eigenvalue weighted by molar-refractivity contribution is 0.186. The number of pyridine rings is 1. The summed E-state index contributed by atoms with van der Waals surface area (Å²) in [6.07, 6.45) is 3.57. The highest BCUT2D eigenvalue weighted by Crippen LogP contribution is 2.60. The second-order valence-electron chi connectivity index (χ2n) is 10.1. The number of nitrogens with zero attached hydrogens (tertiary/aromatic N) is 2. The smallest absolute Gasteiger partial charge is 0.126 e. The van der Waals surface area contributed by atoms with Gasteiger partial charge in [0.05, 0.1) is 5.52 Å². The number of fused-ring (bicyclic) bond motifs is 9. The number of benzene rings is 3. The molecule has 2 aliphatic carbocycles. The van der Waals surface area contributed by atoms with Crippen LogP contribution in [-0.2, 0) is 5.41 Å². The Morgan fingerprint density at radius 3 is 2.21 bits per heavy atom. The van der Waals surface area contributed by atoms with E-state index < -0.39 is 0 Å². The predicted molar refractivity (Wildman–Crippen MR) is 135 cm³/mol. The Kier molecular flexibility index (Phi) is 4.35. The van der Waals surface area contributed by atoms with Gasteiger partial charge in [0.25, 0.3) is 0 Å². The van der Waals surface area contributed by atoms with Gasteiger partial charge in [0, 0.05) is 42.4 Å². The Bertz CT molecular complexity index is 1290. The molecule has 164 valence electrons. The first-order chi connectivity index (χ1) is 16.3. The Labute approximate surface area is 195 Å². The maximum Gasteiger partial charge on any atom is 0.126 e. The van der Waals surface area contributed by atoms with E-state index in [1.807, 2.05) is 0 Å². The van der Waals surface area contributed by atoms with Crippen LogP contribution in [-0.4, -0.2) is 35.6 Å². The molecule has 0 amide bonds. The number of anilines is 1. The van der Waals surface area contributed by atoms with Crippen LogP contribution in [0.15, 0.2) is 84.9 Å². The van der Waals surface area contributed by atoms with Crippen molar-refractivity contribution in [3.63, 3.8) is 0 Å². The quantitative estimate of drug-likeness (QED) is 0.433. The van der Waals surface area contributed by atoms with Gasteiger partial charge in [-0.15, -0.1) is 0 Å². The van der Waals surface area contributed by atoms with Crippen LogP contribution in [0.4, 0.5) is 5.82 Å². The molecule has 4 aromatic rings. The molecule has 1 fully saturated rings. The van der Waals surface area contributed by atoms with Crippen LogP contribution in [0.5, 0.6) is 0 Å². The second-order valence-corrected chi connectivity index (χ2v) is 10.1. The van der Waals surface area contributed by atoms with E-state index in [0.29, 0.717) is 12.0 Å². The van der Waals surface area contributed by atoms with Crippen molar-refractivity contribution >= 4 is 16.7 Å². The summed E-state index contributed by atoms with van der Waals surface area (Å²) in [5.74, 6) is 1.58. The fraction of sp³-hybridized carbons (Fsp3) is 0.300. The van der Waals surface area contributed by atoms with Gasteiger partial charge in [-0.1, -0.05) is 66.7 Å². The molecule has 33 heavy (non-hydrogen) atoms. The third-order valence-electron chi connectivity index (χ3n) is 8.29. The number of piperidine rings is 1. The van der Waals surface area contributed by atoms with E-state index in [4.69, 9.17) is 4.98 Å². The zero-order valence-electron chi connectivity index (χ0n) is 18.9. The first-order valence-electron chi connectivity index (χ1n) is 12.3. The molecule has 0 spiro atoms. The summed E-state index contributed by atoms with van der Waals surface area (Å²) in [5.41, 5.74) is 7.51. The molecule has 1 aliphatic heterocycles. The van der Waals surface area contributed by atoms with E-state index >= 15 is 0 Å². The SMILES string of the molecule is c1ccc2c(c1)C1CC2(CN2CCC(Nc3ccc4ccccc4n3)CC2)c2ccccc21. The molecule has 2 heterocycles. The van der Waals surface area contributed by atoms with Crippen molar-refractivity contribution in [2.45, 2.75) is 36.6 Å². The normalized spacial score (nSPS) is 24.1. The summed E-state index contributed by atoms with van der Waals surface area (Å²) >= 11 is 0. The zero-order valence-corrected chi connectivity index (χ0v) is 18.9. The molecule has 0 unspecified atom stereocenters. The lowest BCUT2D eigenvalue weighted by Gasteiger charge is -2.40. The predicted octanol–water partition coefficient (Wildman–Crippen LogP) is 5.95. The molecule has 0 radical (unpaired) electrons. The molecule has 2 bridgehead atoms. The van der Waals surface area contributed by atoms with Gasteiger partial charge in [0.15, 0.2) is 0 Å². The van der Waals surface area contributed by atoms with Crippen molar-refractivity contribution < 1.29 is 0 Å². The van der Waals surface area contributed by atoms with Gasteiger partial charge in [0.2, 0.25) is 0 Å². The van der Waals surface area contributed by atoms with Crippen molar-refractivity contribution in [1.82, 2.24) is 9.88 Å². The minimum atomic E-state index is 0.165. The van der Waals surface area contributed by atoms with Gasteiger partial charge in [-0.2, -0.15) is 0 Å². The molecule has 3 heteroatoms. The van der Waals surface area contributed by atoms with Crippen molar-refractivity contribution in [1.29, 1.82) is 0 Å². The Morgan fingerprint density at radius 1 is 0.788 bits per heavy atom. The number of nitrogens with one attached hydrogen (secondary N) is 1. The maximum absolute atomic E-state index is 4.83. The molecule has 7 rings (SSSR count). The fourth-order valence-electron chi connectivity index (χ4n) is 6.78. The molecule has 3 nitrogen and oxygen atoms in total. The van der Waals surface area contributed by atoms with E-state index in [1.165, 1.54) is 11.8 Å². The van der Waals surface area contributed by atoms with Crippen LogP contribution in [0.3, 0.4) is 0 Å². The minimum Gasteiger partial charge on any atom is -0.367 e. The van der Waals surface area contributed by atoms with Crippen LogP contribution in [0.1, 0.15) is 47.4 Å². The molecule has 0 atom stereocenters. The van der Waals surface area contributed by atoms with E-state index in [-0.39, 0.29) is 5.41 Å². The van der Waals surface area contributed by atoms with Crippen LogP contribution < -0.4 is 5.32 Å². The van der Waals surface area contributed by atoms with Crippen molar-refractivity contribution in [2.24, 2.45) is 0 Å². The van der Waals surface area contributed by atoms with E-state index in [9.17, 15) is 0 Å². The van der Waals surface area contributed by atoms with Crippen LogP contribution in [0.2, 0.25) is 0 Å². The lowest BCUT2D eigenvalue weighted by atomic mass is 9.74. The Hall–Kier alpha value is -3.17. The van der Waals surface area contributed by atoms with Crippen molar-refractivity contribution in [3.8, 4) is 0 Å². The van der Waals surface area contributed by atoms with Crippen molar-refractivity contribution in [3.05, 3.63) is 107 Å². The summed E-state index contributed by atoms with van der Waals surface area (Å²) in [4.78, 5) is 7.54. The number of para-hydroxylation sites is 1. The Morgan fingerprint density at radius 2 is 1.45 bits per heavy atom. The van der Waals surface area contributed by atoms with Gasteiger partial charge >= 0.3 is 0 Å². The standard InChI is InChI=1S/C30H29N3/c1-6-12-28-21(7-1)13-14-29(32-28)31-22-15-17-33(18-16-22)20-30-19-25(23-8-2-4-10-26(23)30)24-9-3-5-11-27(24)30/h1-14,22,25H,15-20H2,(H,31,32). The third-order valence-corrected chi connectivity index (χ3v) is 8.29. The average molecular weight is 432 g/mol. The van der Waals surface area contributed by atoms with Crippen molar-refractivity contribution in [2.75, 3.05) is 25.0 Å².